The number of aromatic amines is 1. The molecule has 84 valence electrons. The van der Waals surface area contributed by atoms with Gasteiger partial charge in [0, 0.05) is 6.04 Å². The first-order chi connectivity index (χ1) is 7.84. The first-order valence-electron chi connectivity index (χ1n) is 5.27. The molecule has 2 aromatic heterocycles. The van der Waals surface area contributed by atoms with E-state index in [1.807, 2.05) is 0 Å². The summed E-state index contributed by atoms with van der Waals surface area (Å²) in [5.74, 6) is 1.97. The Bertz CT molecular complexity index is 464. The van der Waals surface area contributed by atoms with Gasteiger partial charge < -0.3 is 9.84 Å². The molecular weight excluding hydrogens is 208 g/mol. The fourth-order valence-corrected chi connectivity index (χ4v) is 1.99. The highest BCUT2D eigenvalue weighted by Gasteiger charge is 2.29. The maximum absolute atomic E-state index is 5.25. The molecule has 1 aliphatic heterocycles. The van der Waals surface area contributed by atoms with Crippen LogP contribution < -0.4 is 5.32 Å². The van der Waals surface area contributed by atoms with Gasteiger partial charge in [-0.2, -0.15) is 10.1 Å². The minimum absolute atomic E-state index is 0.296. The van der Waals surface area contributed by atoms with E-state index in [9.17, 15) is 0 Å². The highest BCUT2D eigenvalue weighted by molar-refractivity contribution is 5.39. The Balaban J connectivity index is 1.88. The normalized spacial score (nSPS) is 25.1. The van der Waals surface area contributed by atoms with Gasteiger partial charge in [0.2, 0.25) is 11.7 Å². The topological polar surface area (TPSA) is 92.5 Å². The average molecular weight is 220 g/mol. The summed E-state index contributed by atoms with van der Waals surface area (Å²) in [6.07, 6.45) is 2.45. The first-order valence-corrected chi connectivity index (χ1v) is 5.27. The van der Waals surface area contributed by atoms with Crippen LogP contribution in [0.3, 0.4) is 0 Å². The zero-order valence-corrected chi connectivity index (χ0v) is 8.84. The lowest BCUT2D eigenvalue weighted by Crippen LogP contribution is -2.21. The number of nitrogens with one attached hydrogen (secondary N) is 2. The number of hydrogen-bond donors (Lipinski definition) is 2. The van der Waals surface area contributed by atoms with Crippen LogP contribution in [0.25, 0.3) is 11.6 Å². The Morgan fingerprint density at radius 2 is 2.44 bits per heavy atom. The molecule has 2 N–H and O–H groups in total. The zero-order valence-electron chi connectivity index (χ0n) is 8.84. The van der Waals surface area contributed by atoms with E-state index in [0.29, 0.717) is 29.5 Å². The highest BCUT2D eigenvalue weighted by atomic mass is 16.5. The van der Waals surface area contributed by atoms with Gasteiger partial charge in [-0.05, 0) is 19.9 Å². The predicted molar refractivity (Wildman–Crippen MR) is 54.5 cm³/mol. The monoisotopic (exact) mass is 220 g/mol. The van der Waals surface area contributed by atoms with E-state index in [-0.39, 0.29) is 0 Å². The van der Waals surface area contributed by atoms with E-state index in [4.69, 9.17) is 4.52 Å². The molecule has 2 unspecified atom stereocenters. The maximum Gasteiger partial charge on any atom is 0.239 e. The van der Waals surface area contributed by atoms with Gasteiger partial charge in [0.05, 0.1) is 5.92 Å². The molecule has 1 fully saturated rings. The summed E-state index contributed by atoms with van der Waals surface area (Å²) >= 11 is 0. The number of aromatic nitrogens is 5. The molecule has 16 heavy (non-hydrogen) atoms. The number of H-pyrrole nitrogens is 1. The van der Waals surface area contributed by atoms with Crippen LogP contribution in [-0.2, 0) is 0 Å². The van der Waals surface area contributed by atoms with Crippen molar-refractivity contribution in [1.29, 1.82) is 0 Å². The van der Waals surface area contributed by atoms with Gasteiger partial charge in [-0.3, -0.25) is 5.10 Å². The molecule has 2 atom stereocenters. The summed E-state index contributed by atoms with van der Waals surface area (Å²) in [5, 5.41) is 13.7. The molecule has 7 nitrogen and oxygen atoms in total. The molecule has 0 saturated carbocycles. The molecule has 1 saturated heterocycles. The minimum atomic E-state index is 0.296. The van der Waals surface area contributed by atoms with Crippen molar-refractivity contribution >= 4 is 0 Å². The molecule has 2 aromatic rings. The second-order valence-electron chi connectivity index (χ2n) is 3.93. The Morgan fingerprint density at radius 1 is 1.50 bits per heavy atom. The lowest BCUT2D eigenvalue weighted by Gasteiger charge is -2.08. The van der Waals surface area contributed by atoms with Crippen molar-refractivity contribution in [2.75, 3.05) is 6.54 Å². The van der Waals surface area contributed by atoms with Crippen molar-refractivity contribution < 1.29 is 4.52 Å². The molecule has 7 heteroatoms. The predicted octanol–water partition coefficient (Wildman–Crippen LogP) is 0.320. The van der Waals surface area contributed by atoms with E-state index in [0.717, 1.165) is 13.0 Å². The fourth-order valence-electron chi connectivity index (χ4n) is 1.99. The van der Waals surface area contributed by atoms with Crippen molar-refractivity contribution in [2.24, 2.45) is 0 Å². The van der Waals surface area contributed by atoms with Gasteiger partial charge >= 0.3 is 0 Å². The number of nitrogens with zero attached hydrogens (tertiary/aromatic N) is 4. The number of hydrogen-bond acceptors (Lipinski definition) is 6. The summed E-state index contributed by atoms with van der Waals surface area (Å²) in [5.41, 5.74) is 0. The molecule has 1 aliphatic rings. The van der Waals surface area contributed by atoms with E-state index in [1.165, 1.54) is 6.33 Å². The van der Waals surface area contributed by atoms with E-state index >= 15 is 0 Å². The van der Waals surface area contributed by atoms with Gasteiger partial charge in [-0.25, -0.2) is 4.98 Å². The van der Waals surface area contributed by atoms with Gasteiger partial charge in [-0.1, -0.05) is 5.16 Å². The van der Waals surface area contributed by atoms with Gasteiger partial charge in [0.15, 0.2) is 5.82 Å². The van der Waals surface area contributed by atoms with Crippen molar-refractivity contribution in [3.8, 4) is 11.6 Å². The third-order valence-electron chi connectivity index (χ3n) is 2.91. The quantitative estimate of drug-likeness (QED) is 0.757. The first kappa shape index (κ1) is 9.46. The van der Waals surface area contributed by atoms with E-state index < -0.39 is 0 Å². The molecule has 3 heterocycles. The maximum atomic E-state index is 5.25. The van der Waals surface area contributed by atoms with Crippen LogP contribution in [0, 0.1) is 0 Å². The summed E-state index contributed by atoms with van der Waals surface area (Å²) in [6.45, 7) is 3.11. The van der Waals surface area contributed by atoms with Gasteiger partial charge in [0.1, 0.15) is 6.33 Å². The minimum Gasteiger partial charge on any atom is -0.338 e. The Kier molecular flexibility index (Phi) is 2.17. The van der Waals surface area contributed by atoms with Gasteiger partial charge in [-0.15, -0.1) is 0 Å². The smallest absolute Gasteiger partial charge is 0.239 e. The standard InChI is InChI=1S/C9H12N6O/c1-5-6(2-3-10-5)9-13-8(15-16-9)7-11-4-12-14-7/h4-6,10H,2-3H2,1H3,(H,11,12,14). The van der Waals surface area contributed by atoms with E-state index in [1.54, 1.807) is 0 Å². The fraction of sp³-hybridized carbons (Fsp3) is 0.556. The van der Waals surface area contributed by atoms with E-state index in [2.05, 4.69) is 37.6 Å². The van der Waals surface area contributed by atoms with Crippen molar-refractivity contribution in [3.05, 3.63) is 12.2 Å². The van der Waals surface area contributed by atoms with Crippen LogP contribution in [0.4, 0.5) is 0 Å². The molecule has 0 amide bonds. The lowest BCUT2D eigenvalue weighted by atomic mass is 10.0. The molecule has 3 rings (SSSR count). The Labute approximate surface area is 91.7 Å². The average Bonchev–Trinajstić information content (AvgIpc) is 2.96. The third-order valence-corrected chi connectivity index (χ3v) is 2.91. The van der Waals surface area contributed by atoms with Crippen molar-refractivity contribution in [1.82, 2.24) is 30.6 Å². The van der Waals surface area contributed by atoms with Crippen LogP contribution >= 0.6 is 0 Å². The lowest BCUT2D eigenvalue weighted by molar-refractivity contribution is 0.345. The van der Waals surface area contributed by atoms with Crippen molar-refractivity contribution in [3.63, 3.8) is 0 Å². The van der Waals surface area contributed by atoms with Crippen LogP contribution in [0.5, 0.6) is 0 Å². The molecule has 0 bridgehead atoms. The van der Waals surface area contributed by atoms with Crippen LogP contribution in [0.2, 0.25) is 0 Å². The largest absolute Gasteiger partial charge is 0.338 e. The molecular formula is C9H12N6O. The van der Waals surface area contributed by atoms with Crippen LogP contribution in [0.1, 0.15) is 25.2 Å². The highest BCUT2D eigenvalue weighted by Crippen LogP contribution is 2.26. The summed E-state index contributed by atoms with van der Waals surface area (Å²) in [6, 6.07) is 0.378. The SMILES string of the molecule is CC1NCCC1c1nc(-c2ncn[nH]2)no1. The summed E-state index contributed by atoms with van der Waals surface area (Å²) < 4.78 is 5.25. The molecule has 0 aromatic carbocycles. The zero-order chi connectivity index (χ0) is 11.0. The second-order valence-corrected chi connectivity index (χ2v) is 3.93. The second kappa shape index (κ2) is 3.67. The summed E-state index contributed by atoms with van der Waals surface area (Å²) in [7, 11) is 0. The van der Waals surface area contributed by atoms with Crippen LogP contribution in [-0.4, -0.2) is 37.9 Å². The molecule has 0 radical (unpaired) electrons. The third kappa shape index (κ3) is 1.49. The van der Waals surface area contributed by atoms with Crippen LogP contribution in [0.15, 0.2) is 10.9 Å². The number of rotatable bonds is 2. The van der Waals surface area contributed by atoms with Crippen molar-refractivity contribution in [2.45, 2.75) is 25.3 Å². The Hall–Kier alpha value is -1.76. The Morgan fingerprint density at radius 3 is 3.12 bits per heavy atom. The summed E-state index contributed by atoms with van der Waals surface area (Å²) in [4.78, 5) is 8.31. The van der Waals surface area contributed by atoms with Gasteiger partial charge in [0.25, 0.3) is 0 Å². The molecule has 0 aliphatic carbocycles. The molecule has 0 spiro atoms.